The first-order valence-electron chi connectivity index (χ1n) is 7.87. The van der Waals surface area contributed by atoms with Gasteiger partial charge in [-0.1, -0.05) is 25.8 Å². The summed E-state index contributed by atoms with van der Waals surface area (Å²) in [4.78, 5) is 8.59. The fourth-order valence-corrected chi connectivity index (χ4v) is 2.52. The van der Waals surface area contributed by atoms with Crippen molar-refractivity contribution in [1.82, 2.24) is 15.6 Å². The smallest absolute Gasteiger partial charge is 0.218 e. The minimum absolute atomic E-state index is 0. The van der Waals surface area contributed by atoms with Gasteiger partial charge in [-0.2, -0.15) is 0 Å². The zero-order chi connectivity index (χ0) is 14.9. The predicted octanol–water partition coefficient (Wildman–Crippen LogP) is 3.10. The zero-order valence-corrected chi connectivity index (χ0v) is 15.8. The second-order valence-electron chi connectivity index (χ2n) is 5.37. The van der Waals surface area contributed by atoms with Gasteiger partial charge in [-0.15, -0.1) is 24.0 Å². The van der Waals surface area contributed by atoms with Crippen LogP contribution in [-0.2, 0) is 6.54 Å². The average molecular weight is 418 g/mol. The van der Waals surface area contributed by atoms with Crippen molar-refractivity contribution in [2.24, 2.45) is 4.99 Å². The number of ether oxygens (including phenoxy) is 1. The lowest BCUT2D eigenvalue weighted by Crippen LogP contribution is -2.42. The van der Waals surface area contributed by atoms with Gasteiger partial charge in [0.05, 0.1) is 6.61 Å². The Morgan fingerprint density at radius 2 is 2.18 bits per heavy atom. The molecule has 0 unspecified atom stereocenters. The molecule has 2 N–H and O–H groups in total. The minimum atomic E-state index is 0. The average Bonchev–Trinajstić information content (AvgIpc) is 3.03. The first-order valence-corrected chi connectivity index (χ1v) is 7.87. The van der Waals surface area contributed by atoms with E-state index in [-0.39, 0.29) is 24.0 Å². The van der Waals surface area contributed by atoms with Crippen LogP contribution in [0, 0.1) is 0 Å². The molecule has 1 aromatic rings. The molecule has 1 fully saturated rings. The minimum Gasteiger partial charge on any atom is -0.477 e. The van der Waals surface area contributed by atoms with Gasteiger partial charge in [0.2, 0.25) is 5.88 Å². The molecular formula is C16H27IN4O. The van der Waals surface area contributed by atoms with Gasteiger partial charge in [0.25, 0.3) is 0 Å². The Bertz CT molecular complexity index is 461. The van der Waals surface area contributed by atoms with Gasteiger partial charge in [-0.05, 0) is 25.3 Å². The summed E-state index contributed by atoms with van der Waals surface area (Å²) in [6.45, 7) is 3.45. The Balaban J connectivity index is 0.00000242. The molecule has 0 aromatic carbocycles. The van der Waals surface area contributed by atoms with Gasteiger partial charge in [-0.3, -0.25) is 4.99 Å². The molecule has 1 aliphatic carbocycles. The largest absolute Gasteiger partial charge is 0.477 e. The molecule has 0 atom stereocenters. The van der Waals surface area contributed by atoms with Crippen LogP contribution in [0.3, 0.4) is 0 Å². The fourth-order valence-electron chi connectivity index (χ4n) is 2.52. The molecule has 0 radical (unpaired) electrons. The Labute approximate surface area is 150 Å². The quantitative estimate of drug-likeness (QED) is 0.424. The van der Waals surface area contributed by atoms with Crippen molar-refractivity contribution in [2.75, 3.05) is 13.7 Å². The van der Waals surface area contributed by atoms with Crippen molar-refractivity contribution in [3.05, 3.63) is 23.9 Å². The highest BCUT2D eigenvalue weighted by atomic mass is 127. The number of pyridine rings is 1. The number of aliphatic imine (C=N–C) groups is 1. The Morgan fingerprint density at radius 3 is 2.86 bits per heavy atom. The summed E-state index contributed by atoms with van der Waals surface area (Å²) in [6, 6.07) is 4.53. The van der Waals surface area contributed by atoms with Crippen LogP contribution >= 0.6 is 24.0 Å². The van der Waals surface area contributed by atoms with E-state index < -0.39 is 0 Å². The second kappa shape index (κ2) is 10.6. The highest BCUT2D eigenvalue weighted by Crippen LogP contribution is 2.17. The molecule has 22 heavy (non-hydrogen) atoms. The van der Waals surface area contributed by atoms with Crippen molar-refractivity contribution < 1.29 is 4.74 Å². The first kappa shape index (κ1) is 19.0. The maximum absolute atomic E-state index is 5.67. The molecule has 124 valence electrons. The van der Waals surface area contributed by atoms with Gasteiger partial charge in [-0.25, -0.2) is 4.98 Å². The van der Waals surface area contributed by atoms with E-state index >= 15 is 0 Å². The van der Waals surface area contributed by atoms with Gasteiger partial charge in [0, 0.05) is 31.4 Å². The van der Waals surface area contributed by atoms with E-state index in [4.69, 9.17) is 4.74 Å². The lowest BCUT2D eigenvalue weighted by atomic mass is 10.2. The van der Waals surface area contributed by atoms with Crippen molar-refractivity contribution in [3.8, 4) is 5.88 Å². The standard InChI is InChI=1S/C16H26N4O.HI/c1-3-11-21-15-13(7-6-10-18-15)12-19-16(17-2)20-14-8-4-5-9-14;/h6-7,10,14H,3-5,8-9,11-12H2,1-2H3,(H2,17,19,20);1H. The van der Waals surface area contributed by atoms with Crippen molar-refractivity contribution in [2.45, 2.75) is 51.6 Å². The third-order valence-corrected chi connectivity index (χ3v) is 3.66. The summed E-state index contributed by atoms with van der Waals surface area (Å²) >= 11 is 0. The number of nitrogens with one attached hydrogen (secondary N) is 2. The van der Waals surface area contributed by atoms with Crippen molar-refractivity contribution >= 4 is 29.9 Å². The zero-order valence-electron chi connectivity index (χ0n) is 13.5. The molecule has 0 aliphatic heterocycles. The lowest BCUT2D eigenvalue weighted by Gasteiger charge is -2.17. The number of hydrogen-bond acceptors (Lipinski definition) is 3. The molecular weight excluding hydrogens is 391 g/mol. The van der Waals surface area contributed by atoms with Crippen LogP contribution in [0.4, 0.5) is 0 Å². The van der Waals surface area contributed by atoms with Crippen LogP contribution < -0.4 is 15.4 Å². The van der Waals surface area contributed by atoms with E-state index in [0.717, 1.165) is 17.9 Å². The highest BCUT2D eigenvalue weighted by Gasteiger charge is 2.16. The molecule has 1 aromatic heterocycles. The monoisotopic (exact) mass is 418 g/mol. The number of halogens is 1. The van der Waals surface area contributed by atoms with E-state index in [1.54, 1.807) is 6.20 Å². The predicted molar refractivity (Wildman–Crippen MR) is 101 cm³/mol. The number of hydrogen-bond donors (Lipinski definition) is 2. The molecule has 0 saturated heterocycles. The van der Waals surface area contributed by atoms with Crippen LogP contribution in [-0.4, -0.2) is 30.6 Å². The number of rotatable bonds is 6. The summed E-state index contributed by atoms with van der Waals surface area (Å²) in [5, 5.41) is 6.82. The maximum Gasteiger partial charge on any atom is 0.218 e. The first-order chi connectivity index (χ1) is 10.3. The second-order valence-corrected chi connectivity index (χ2v) is 5.37. The SMILES string of the molecule is CCCOc1ncccc1CNC(=NC)NC1CCCC1.I. The van der Waals surface area contributed by atoms with Gasteiger partial charge in [0.1, 0.15) is 0 Å². The molecule has 2 rings (SSSR count). The number of nitrogens with zero attached hydrogens (tertiary/aromatic N) is 2. The molecule has 6 heteroatoms. The highest BCUT2D eigenvalue weighted by molar-refractivity contribution is 14.0. The Kier molecular flexibility index (Phi) is 9.19. The van der Waals surface area contributed by atoms with E-state index in [2.05, 4.69) is 27.5 Å². The van der Waals surface area contributed by atoms with Crippen LogP contribution in [0.1, 0.15) is 44.6 Å². The Hall–Kier alpha value is -1.05. The fraction of sp³-hybridized carbons (Fsp3) is 0.625. The van der Waals surface area contributed by atoms with Crippen LogP contribution in [0.15, 0.2) is 23.3 Å². The third kappa shape index (κ3) is 5.98. The van der Waals surface area contributed by atoms with E-state index in [0.29, 0.717) is 25.1 Å². The topological polar surface area (TPSA) is 58.5 Å². The lowest BCUT2D eigenvalue weighted by molar-refractivity contribution is 0.301. The molecule has 0 amide bonds. The normalized spacial score (nSPS) is 15.3. The van der Waals surface area contributed by atoms with Gasteiger partial charge < -0.3 is 15.4 Å². The van der Waals surface area contributed by atoms with Crippen molar-refractivity contribution in [3.63, 3.8) is 0 Å². The van der Waals surface area contributed by atoms with Crippen LogP contribution in [0.25, 0.3) is 0 Å². The molecule has 5 nitrogen and oxygen atoms in total. The molecule has 1 aliphatic rings. The number of guanidine groups is 1. The van der Waals surface area contributed by atoms with E-state index in [9.17, 15) is 0 Å². The third-order valence-electron chi connectivity index (χ3n) is 3.66. The Morgan fingerprint density at radius 1 is 1.41 bits per heavy atom. The van der Waals surface area contributed by atoms with Gasteiger partial charge >= 0.3 is 0 Å². The molecule has 1 heterocycles. The summed E-state index contributed by atoms with van der Waals surface area (Å²) < 4.78 is 5.67. The van der Waals surface area contributed by atoms with E-state index in [1.807, 2.05) is 19.2 Å². The molecule has 0 spiro atoms. The van der Waals surface area contributed by atoms with Crippen LogP contribution in [0.5, 0.6) is 5.88 Å². The summed E-state index contributed by atoms with van der Waals surface area (Å²) in [6.07, 6.45) is 7.84. The molecule has 0 bridgehead atoms. The molecule has 1 saturated carbocycles. The maximum atomic E-state index is 5.67. The summed E-state index contributed by atoms with van der Waals surface area (Å²) in [5.74, 6) is 1.57. The summed E-state index contributed by atoms with van der Waals surface area (Å²) in [7, 11) is 1.81. The van der Waals surface area contributed by atoms with Crippen LogP contribution in [0.2, 0.25) is 0 Å². The van der Waals surface area contributed by atoms with E-state index in [1.165, 1.54) is 25.7 Å². The number of aromatic nitrogens is 1. The summed E-state index contributed by atoms with van der Waals surface area (Å²) in [5.41, 5.74) is 1.06. The van der Waals surface area contributed by atoms with Crippen molar-refractivity contribution in [1.29, 1.82) is 0 Å². The van der Waals surface area contributed by atoms with Gasteiger partial charge in [0.15, 0.2) is 5.96 Å².